The van der Waals surface area contributed by atoms with Crippen LogP contribution in [0.4, 0.5) is 0 Å². The highest BCUT2D eigenvalue weighted by Gasteiger charge is 2.26. The maximum atomic E-state index is 12.5. The first-order valence-electron chi connectivity index (χ1n) is 17.6. The molecular weight excluding hydrogens is 607 g/mol. The maximum Gasteiger partial charge on any atom is 0.472 e. The number of hydrogen-bond donors (Lipinski definition) is 3. The Bertz CT molecular complexity index is 856. The van der Waals surface area contributed by atoms with Crippen molar-refractivity contribution in [2.24, 2.45) is 0 Å². The Kier molecular flexibility index (Phi) is 32.2. The standard InChI is InChI=1S/C36H65O9P/c1-3-5-7-9-11-13-15-16-17-18-19-20-22-24-26-28-36(39)45-35(33-44-46(40,41)43-31-34(38)30-37)32-42-29-27-25-23-21-14-12-10-8-6-4-2/h5,7,11,13,16-17,19-20,34-35,37-38H,3-4,6,8-10,12,14-15,18,21-33H2,1-2H3,(H,40,41)/b7-5-,13-11-,17-16-,20-19-. The second-order valence-electron chi connectivity index (χ2n) is 11.5. The third-order valence-electron chi connectivity index (χ3n) is 7.03. The van der Waals surface area contributed by atoms with E-state index in [0.717, 1.165) is 57.8 Å². The average molecular weight is 673 g/mol. The molecule has 268 valence electrons. The zero-order valence-corrected chi connectivity index (χ0v) is 29.7. The summed E-state index contributed by atoms with van der Waals surface area (Å²) in [4.78, 5) is 22.4. The Balaban J connectivity index is 4.36. The first-order valence-corrected chi connectivity index (χ1v) is 19.1. The molecule has 0 saturated carbocycles. The normalized spacial score (nSPS) is 15.0. The number of aliphatic hydroxyl groups excluding tert-OH is 2. The van der Waals surface area contributed by atoms with Crippen molar-refractivity contribution < 1.29 is 43.0 Å². The molecule has 0 aliphatic rings. The van der Waals surface area contributed by atoms with E-state index in [-0.39, 0.29) is 13.0 Å². The zero-order valence-electron chi connectivity index (χ0n) is 28.8. The van der Waals surface area contributed by atoms with Gasteiger partial charge in [0.25, 0.3) is 0 Å². The van der Waals surface area contributed by atoms with E-state index >= 15 is 0 Å². The minimum absolute atomic E-state index is 0.0321. The van der Waals surface area contributed by atoms with Crippen molar-refractivity contribution in [1.29, 1.82) is 0 Å². The minimum Gasteiger partial charge on any atom is -0.457 e. The Morgan fingerprint density at radius 1 is 0.696 bits per heavy atom. The summed E-state index contributed by atoms with van der Waals surface area (Å²) in [7, 11) is -4.52. The van der Waals surface area contributed by atoms with E-state index < -0.39 is 45.8 Å². The van der Waals surface area contributed by atoms with Gasteiger partial charge in [-0.1, -0.05) is 120 Å². The van der Waals surface area contributed by atoms with Crippen LogP contribution in [0.2, 0.25) is 0 Å². The van der Waals surface area contributed by atoms with Gasteiger partial charge in [0, 0.05) is 13.0 Å². The monoisotopic (exact) mass is 672 g/mol. The Morgan fingerprint density at radius 2 is 1.24 bits per heavy atom. The van der Waals surface area contributed by atoms with Crippen molar-refractivity contribution in [1.82, 2.24) is 0 Å². The van der Waals surface area contributed by atoms with Crippen molar-refractivity contribution in [2.75, 3.05) is 33.0 Å². The molecule has 46 heavy (non-hydrogen) atoms. The van der Waals surface area contributed by atoms with Crippen LogP contribution in [-0.4, -0.2) is 66.3 Å². The van der Waals surface area contributed by atoms with E-state index in [1.54, 1.807) is 0 Å². The highest BCUT2D eigenvalue weighted by Crippen LogP contribution is 2.43. The van der Waals surface area contributed by atoms with E-state index in [9.17, 15) is 19.4 Å². The summed E-state index contributed by atoms with van der Waals surface area (Å²) in [5, 5.41) is 18.2. The lowest BCUT2D eigenvalue weighted by Gasteiger charge is -2.20. The van der Waals surface area contributed by atoms with Crippen molar-refractivity contribution in [3.8, 4) is 0 Å². The fourth-order valence-corrected chi connectivity index (χ4v) is 5.13. The van der Waals surface area contributed by atoms with Gasteiger partial charge in [-0.15, -0.1) is 0 Å². The van der Waals surface area contributed by atoms with Gasteiger partial charge >= 0.3 is 13.8 Å². The van der Waals surface area contributed by atoms with Crippen LogP contribution < -0.4 is 0 Å². The summed E-state index contributed by atoms with van der Waals surface area (Å²) in [5.74, 6) is -0.425. The summed E-state index contributed by atoms with van der Waals surface area (Å²) in [6.07, 6.45) is 33.6. The predicted octanol–water partition coefficient (Wildman–Crippen LogP) is 8.69. The average Bonchev–Trinajstić information content (AvgIpc) is 3.04. The molecule has 0 aromatic rings. The van der Waals surface area contributed by atoms with E-state index in [1.807, 2.05) is 0 Å². The van der Waals surface area contributed by atoms with Gasteiger partial charge in [0.05, 0.1) is 26.4 Å². The van der Waals surface area contributed by atoms with Crippen molar-refractivity contribution >= 4 is 13.8 Å². The maximum absolute atomic E-state index is 12.5. The number of ether oxygens (including phenoxy) is 2. The Labute approximate surface area is 279 Å². The molecule has 0 aliphatic carbocycles. The molecule has 0 radical (unpaired) electrons. The number of phosphoric ester groups is 1. The number of unbranched alkanes of at least 4 members (excludes halogenated alkanes) is 11. The van der Waals surface area contributed by atoms with Gasteiger partial charge in [0.2, 0.25) is 0 Å². The molecule has 0 aromatic heterocycles. The van der Waals surface area contributed by atoms with Crippen LogP contribution in [0.15, 0.2) is 48.6 Å². The Hall–Kier alpha value is -1.58. The largest absolute Gasteiger partial charge is 0.472 e. The molecule has 0 heterocycles. The van der Waals surface area contributed by atoms with Crippen LogP contribution in [-0.2, 0) is 27.9 Å². The van der Waals surface area contributed by atoms with Gasteiger partial charge in [-0.05, 0) is 51.4 Å². The van der Waals surface area contributed by atoms with Crippen LogP contribution in [0.5, 0.6) is 0 Å². The van der Waals surface area contributed by atoms with Gasteiger partial charge < -0.3 is 24.6 Å². The van der Waals surface area contributed by atoms with Gasteiger partial charge in [-0.25, -0.2) is 4.57 Å². The third kappa shape index (κ3) is 32.4. The lowest BCUT2D eigenvalue weighted by atomic mass is 10.1. The van der Waals surface area contributed by atoms with Crippen molar-refractivity contribution in [3.63, 3.8) is 0 Å². The molecule has 0 rings (SSSR count). The molecule has 0 amide bonds. The molecule has 0 saturated heterocycles. The fourth-order valence-electron chi connectivity index (χ4n) is 4.34. The molecule has 3 unspecified atom stereocenters. The number of rotatable bonds is 33. The highest BCUT2D eigenvalue weighted by atomic mass is 31.2. The molecule has 3 atom stereocenters. The number of carbonyl (C=O) groups is 1. The minimum atomic E-state index is -4.52. The number of phosphoric acid groups is 1. The lowest BCUT2D eigenvalue weighted by molar-refractivity contribution is -0.154. The molecule has 0 fully saturated rings. The fraction of sp³-hybridized carbons (Fsp3) is 0.750. The van der Waals surface area contributed by atoms with E-state index in [0.29, 0.717) is 13.0 Å². The molecular formula is C36H65O9P. The number of esters is 1. The zero-order chi connectivity index (χ0) is 34.0. The smallest absolute Gasteiger partial charge is 0.457 e. The van der Waals surface area contributed by atoms with Crippen LogP contribution in [0, 0.1) is 0 Å². The lowest BCUT2D eigenvalue weighted by Crippen LogP contribution is -2.29. The molecule has 3 N–H and O–H groups in total. The number of hydrogen-bond acceptors (Lipinski definition) is 8. The predicted molar refractivity (Wildman–Crippen MR) is 187 cm³/mol. The van der Waals surface area contributed by atoms with Crippen LogP contribution >= 0.6 is 7.82 Å². The second kappa shape index (κ2) is 33.3. The molecule has 9 nitrogen and oxygen atoms in total. The molecule has 10 heteroatoms. The van der Waals surface area contributed by atoms with Crippen LogP contribution in [0.25, 0.3) is 0 Å². The van der Waals surface area contributed by atoms with Crippen molar-refractivity contribution in [2.45, 2.75) is 142 Å². The van der Waals surface area contributed by atoms with Crippen LogP contribution in [0.3, 0.4) is 0 Å². The first kappa shape index (κ1) is 44.4. The third-order valence-corrected chi connectivity index (χ3v) is 7.98. The number of aliphatic hydroxyl groups is 2. The topological polar surface area (TPSA) is 132 Å². The van der Waals surface area contributed by atoms with Gasteiger partial charge in [0.15, 0.2) is 0 Å². The summed E-state index contributed by atoms with van der Waals surface area (Å²) in [5.41, 5.74) is 0. The first-order chi connectivity index (χ1) is 22.3. The van der Waals surface area contributed by atoms with Crippen molar-refractivity contribution in [3.05, 3.63) is 48.6 Å². The number of carbonyl (C=O) groups excluding carboxylic acids is 1. The van der Waals surface area contributed by atoms with E-state index in [4.69, 9.17) is 23.6 Å². The second-order valence-corrected chi connectivity index (χ2v) is 13.0. The SMILES string of the molecule is CC/C=C\C/C=C\C/C=C\C/C=C\CCCCC(=O)OC(COCCCCCCCCCCCC)COP(=O)(O)OCC(O)CO. The Morgan fingerprint density at radius 3 is 1.83 bits per heavy atom. The summed E-state index contributed by atoms with van der Waals surface area (Å²) < 4.78 is 33.1. The molecule has 0 spiro atoms. The van der Waals surface area contributed by atoms with Crippen LogP contribution in [0.1, 0.15) is 129 Å². The summed E-state index contributed by atoms with van der Waals surface area (Å²) in [6.45, 7) is 3.31. The number of allylic oxidation sites excluding steroid dienone is 8. The van der Waals surface area contributed by atoms with Gasteiger partial charge in [-0.3, -0.25) is 13.8 Å². The highest BCUT2D eigenvalue weighted by molar-refractivity contribution is 7.47. The summed E-state index contributed by atoms with van der Waals surface area (Å²) in [6, 6.07) is 0. The van der Waals surface area contributed by atoms with Gasteiger partial charge in [-0.2, -0.15) is 0 Å². The molecule has 0 aliphatic heterocycles. The molecule has 0 aromatic carbocycles. The quantitative estimate of drug-likeness (QED) is 0.0271. The summed E-state index contributed by atoms with van der Waals surface area (Å²) >= 11 is 0. The molecule has 0 bridgehead atoms. The van der Waals surface area contributed by atoms with E-state index in [1.165, 1.54) is 44.9 Å². The van der Waals surface area contributed by atoms with E-state index in [2.05, 4.69) is 62.5 Å². The van der Waals surface area contributed by atoms with Gasteiger partial charge in [0.1, 0.15) is 12.2 Å².